The van der Waals surface area contributed by atoms with E-state index >= 15 is 0 Å². The smallest absolute Gasteiger partial charge is 0.0782 e. The molecule has 0 saturated carbocycles. The Hall–Kier alpha value is -0.810. The third-order valence-corrected chi connectivity index (χ3v) is 5.95. The van der Waals surface area contributed by atoms with Crippen LogP contribution in [0.25, 0.3) is 0 Å². The van der Waals surface area contributed by atoms with E-state index in [-0.39, 0.29) is 0 Å². The molecule has 0 heterocycles. The van der Waals surface area contributed by atoms with Crippen molar-refractivity contribution >= 4 is 6.16 Å². The summed E-state index contributed by atoms with van der Waals surface area (Å²) in [5.74, 6) is 0. The monoisotopic (exact) mass is 432 g/mol. The topological polar surface area (TPSA) is 63.2 Å². The summed E-state index contributed by atoms with van der Waals surface area (Å²) < 4.78 is 2.38. The molecule has 0 aliphatic carbocycles. The molecule has 184 valence electrons. The van der Waals surface area contributed by atoms with Crippen LogP contribution in [-0.4, -0.2) is 69.5 Å². The van der Waals surface area contributed by atoms with Gasteiger partial charge >= 0.3 is 0 Å². The average molecular weight is 433 g/mol. The van der Waals surface area contributed by atoms with E-state index in [0.717, 1.165) is 0 Å². The van der Waals surface area contributed by atoms with Crippen molar-refractivity contribution in [3.63, 3.8) is 0 Å². The van der Waals surface area contributed by atoms with Crippen LogP contribution in [0.4, 0.5) is 4.79 Å². The van der Waals surface area contributed by atoms with Crippen molar-refractivity contribution in [2.45, 2.75) is 105 Å². The number of unbranched alkanes of at least 4 members (excludes halogenated alkanes) is 10. The summed E-state index contributed by atoms with van der Waals surface area (Å²) in [5, 5.41) is 16.7. The summed E-state index contributed by atoms with van der Waals surface area (Å²) in [6.45, 7) is 14.3. The van der Waals surface area contributed by atoms with Crippen molar-refractivity contribution in [1.29, 1.82) is 0 Å². The first-order valence-corrected chi connectivity index (χ1v) is 12.5. The van der Waals surface area contributed by atoms with E-state index in [9.17, 15) is 0 Å². The number of carboxylic acid groups (broad SMARTS) is 2. The fourth-order valence-corrected chi connectivity index (χ4v) is 2.96. The highest BCUT2D eigenvalue weighted by molar-refractivity contribution is 5.47. The van der Waals surface area contributed by atoms with E-state index in [4.69, 9.17) is 15.0 Å². The van der Waals surface area contributed by atoms with Gasteiger partial charge in [-0.2, -0.15) is 0 Å². The number of hydrogen-bond acceptors (Lipinski definition) is 3. The lowest BCUT2D eigenvalue weighted by atomic mass is 10.1. The number of nitrogens with zero attached hydrogens (tertiary/aromatic N) is 2. The predicted molar refractivity (Wildman–Crippen MR) is 127 cm³/mol. The number of quaternary nitrogens is 2. The first-order chi connectivity index (χ1) is 14.0. The van der Waals surface area contributed by atoms with E-state index in [1.54, 1.807) is 0 Å². The summed E-state index contributed by atoms with van der Waals surface area (Å²) in [7, 11) is 9.30. The Morgan fingerprint density at radius 2 is 0.767 bits per heavy atom. The van der Waals surface area contributed by atoms with E-state index < -0.39 is 6.16 Å². The number of carbonyl (C=O) groups excluding carboxylic acids is 1. The van der Waals surface area contributed by atoms with Crippen LogP contribution >= 0.6 is 0 Å². The third kappa shape index (κ3) is 34.7. The van der Waals surface area contributed by atoms with Crippen LogP contribution < -0.4 is 10.2 Å². The number of carbonyl (C=O) groups is 1. The summed E-state index contributed by atoms with van der Waals surface area (Å²) in [5.41, 5.74) is 0. The van der Waals surface area contributed by atoms with Crippen LogP contribution in [0.1, 0.15) is 105 Å². The second kappa shape index (κ2) is 22.9. The van der Waals surface area contributed by atoms with Gasteiger partial charge in [0.1, 0.15) is 0 Å². The minimum atomic E-state index is -2.33. The first kappa shape index (κ1) is 33.8. The van der Waals surface area contributed by atoms with Crippen molar-refractivity contribution < 1.29 is 24.0 Å². The third-order valence-electron chi connectivity index (χ3n) is 5.95. The molecule has 0 aliphatic rings. The molecule has 0 aromatic heterocycles. The Bertz CT molecular complexity index is 326. The van der Waals surface area contributed by atoms with Crippen molar-refractivity contribution in [2.75, 3.05) is 54.4 Å². The lowest BCUT2D eigenvalue weighted by Crippen LogP contribution is -2.39. The molecular weight excluding hydrogens is 376 g/mol. The van der Waals surface area contributed by atoms with Crippen molar-refractivity contribution in [3.05, 3.63) is 0 Å². The molecule has 0 atom stereocenters. The van der Waals surface area contributed by atoms with Gasteiger partial charge in [0, 0.05) is 0 Å². The van der Waals surface area contributed by atoms with Crippen LogP contribution in [-0.2, 0) is 0 Å². The van der Waals surface area contributed by atoms with Crippen molar-refractivity contribution in [2.24, 2.45) is 0 Å². The molecule has 30 heavy (non-hydrogen) atoms. The molecule has 5 nitrogen and oxygen atoms in total. The zero-order valence-corrected chi connectivity index (χ0v) is 21.9. The lowest BCUT2D eigenvalue weighted by Gasteiger charge is -2.28. The van der Waals surface area contributed by atoms with E-state index in [2.05, 4.69) is 55.9 Å². The number of hydrogen-bond donors (Lipinski definition) is 0. The standard InChI is InChI=1S/2C12H28N.CH2O3/c2*1-5-7-8-9-10-11-12-13(3,4)6-2;2-1(3)4/h2*5-12H2,1-4H3;(H2,2,3,4)/q2*+1;/p-2. The van der Waals surface area contributed by atoms with Gasteiger partial charge in [-0.05, 0) is 45.7 Å². The molecule has 0 N–H and O–H groups in total. The maximum atomic E-state index is 8.33. The largest absolute Gasteiger partial charge is 0.652 e. The Balaban J connectivity index is -0.000000412. The molecule has 0 radical (unpaired) electrons. The Labute approximate surface area is 189 Å². The maximum Gasteiger partial charge on any atom is 0.0782 e. The highest BCUT2D eigenvalue weighted by Gasteiger charge is 2.10. The van der Waals surface area contributed by atoms with Gasteiger partial charge in [-0.15, -0.1) is 0 Å². The van der Waals surface area contributed by atoms with Gasteiger partial charge in [0.05, 0.1) is 54.4 Å². The van der Waals surface area contributed by atoms with E-state index in [1.165, 1.54) is 112 Å². The van der Waals surface area contributed by atoms with Gasteiger partial charge in [0.25, 0.3) is 0 Å². The first-order valence-electron chi connectivity index (χ1n) is 12.5. The van der Waals surface area contributed by atoms with Crippen LogP contribution in [0.3, 0.4) is 0 Å². The van der Waals surface area contributed by atoms with Crippen LogP contribution in [0.2, 0.25) is 0 Å². The highest BCUT2D eigenvalue weighted by atomic mass is 16.6. The van der Waals surface area contributed by atoms with Crippen LogP contribution in [0.5, 0.6) is 0 Å². The van der Waals surface area contributed by atoms with Crippen molar-refractivity contribution in [3.8, 4) is 0 Å². The van der Waals surface area contributed by atoms with E-state index in [1.807, 2.05) is 0 Å². The van der Waals surface area contributed by atoms with Gasteiger partial charge in [0.2, 0.25) is 0 Å². The van der Waals surface area contributed by atoms with Gasteiger partial charge in [-0.3, -0.25) is 0 Å². The molecule has 0 aromatic rings. The van der Waals surface area contributed by atoms with Crippen molar-refractivity contribution in [1.82, 2.24) is 0 Å². The molecule has 0 fully saturated rings. The van der Waals surface area contributed by atoms with Gasteiger partial charge in [-0.1, -0.05) is 65.2 Å². The average Bonchev–Trinajstić information content (AvgIpc) is 2.67. The molecule has 0 bridgehead atoms. The summed E-state index contributed by atoms with van der Waals surface area (Å²) in [4.78, 5) is 8.33. The SMILES string of the molecule is CCCCCCCC[N+](C)(C)CC.CCCCCCCC[N+](C)(C)CC.O=C([O-])[O-]. The van der Waals surface area contributed by atoms with E-state index in [0.29, 0.717) is 0 Å². The molecule has 0 unspecified atom stereocenters. The Kier molecular flexibility index (Phi) is 25.8. The second-order valence-electron chi connectivity index (χ2n) is 9.74. The fourth-order valence-electron chi connectivity index (χ4n) is 2.96. The molecule has 0 spiro atoms. The summed E-state index contributed by atoms with van der Waals surface area (Å²) in [6, 6.07) is 0. The minimum absolute atomic E-state index is 1.19. The molecule has 0 saturated heterocycles. The summed E-state index contributed by atoms with van der Waals surface area (Å²) in [6.07, 6.45) is 14.7. The molecule has 0 rings (SSSR count). The quantitative estimate of drug-likeness (QED) is 0.267. The molecule has 0 amide bonds. The highest BCUT2D eigenvalue weighted by Crippen LogP contribution is 2.08. The minimum Gasteiger partial charge on any atom is -0.652 e. The zero-order chi connectivity index (χ0) is 23.9. The molecule has 5 heteroatoms. The zero-order valence-electron chi connectivity index (χ0n) is 21.9. The second-order valence-corrected chi connectivity index (χ2v) is 9.74. The summed E-state index contributed by atoms with van der Waals surface area (Å²) >= 11 is 0. The molecule has 0 aromatic carbocycles. The normalized spacial score (nSPS) is 11.2. The van der Waals surface area contributed by atoms with Crippen LogP contribution in [0, 0.1) is 0 Å². The molecule has 0 aliphatic heterocycles. The predicted octanol–water partition coefficient (Wildman–Crippen LogP) is 4.44. The Morgan fingerprint density at radius 1 is 0.533 bits per heavy atom. The fraction of sp³-hybridized carbons (Fsp3) is 0.960. The number of rotatable bonds is 16. The van der Waals surface area contributed by atoms with Gasteiger partial charge < -0.3 is 24.0 Å². The Morgan fingerprint density at radius 3 is 1.00 bits per heavy atom. The lowest BCUT2D eigenvalue weighted by molar-refractivity contribution is -0.888. The molecular formula is C25H56N2O3. The maximum absolute atomic E-state index is 8.33. The van der Waals surface area contributed by atoms with Crippen LogP contribution in [0.15, 0.2) is 0 Å². The van der Waals surface area contributed by atoms with Gasteiger partial charge in [-0.25, -0.2) is 0 Å². The van der Waals surface area contributed by atoms with Gasteiger partial charge in [0.15, 0.2) is 0 Å².